The summed E-state index contributed by atoms with van der Waals surface area (Å²) >= 11 is 0. The molecule has 0 saturated heterocycles. The molecule has 0 aliphatic rings. The molecule has 0 aliphatic carbocycles. The average molecular weight is 299 g/mol. The minimum absolute atomic E-state index is 0.0340. The standard InChI is InChI=1S/C17H21N3O2/c1-13-6-5-11-20(17(13)22)10-3-2-9-16(21)19-15-8-4-7-14(18)12-15/h4-8,11-12H,2-3,9-10,18H2,1H3,(H,19,21). The summed E-state index contributed by atoms with van der Waals surface area (Å²) in [7, 11) is 0. The number of aryl methyl sites for hydroxylation is 2. The number of unbranched alkanes of at least 4 members (excludes halogenated alkanes) is 1. The highest BCUT2D eigenvalue weighted by Crippen LogP contribution is 2.12. The van der Waals surface area contributed by atoms with Crippen LogP contribution in [0.15, 0.2) is 47.4 Å². The van der Waals surface area contributed by atoms with Crippen molar-refractivity contribution in [1.82, 2.24) is 4.57 Å². The van der Waals surface area contributed by atoms with E-state index < -0.39 is 0 Å². The molecule has 2 aromatic rings. The van der Waals surface area contributed by atoms with Gasteiger partial charge in [-0.05, 0) is 44.0 Å². The Balaban J connectivity index is 1.75. The molecule has 1 heterocycles. The lowest BCUT2D eigenvalue weighted by Gasteiger charge is -2.07. The maximum absolute atomic E-state index is 11.8. The predicted molar refractivity (Wildman–Crippen MR) is 88.8 cm³/mol. The number of nitrogen functional groups attached to an aromatic ring is 1. The molecule has 0 fully saturated rings. The number of hydrogen-bond donors (Lipinski definition) is 2. The molecule has 0 saturated carbocycles. The predicted octanol–water partition coefficient (Wildman–Crippen LogP) is 2.55. The van der Waals surface area contributed by atoms with E-state index in [1.54, 1.807) is 48.0 Å². The minimum Gasteiger partial charge on any atom is -0.399 e. The largest absolute Gasteiger partial charge is 0.399 e. The second-order valence-electron chi connectivity index (χ2n) is 5.32. The summed E-state index contributed by atoms with van der Waals surface area (Å²) in [5.74, 6) is -0.0396. The zero-order chi connectivity index (χ0) is 15.9. The number of benzene rings is 1. The van der Waals surface area contributed by atoms with Crippen molar-refractivity contribution in [2.45, 2.75) is 32.7 Å². The summed E-state index contributed by atoms with van der Waals surface area (Å²) in [6.45, 7) is 2.43. The van der Waals surface area contributed by atoms with Gasteiger partial charge in [-0.1, -0.05) is 12.1 Å². The first kappa shape index (κ1) is 15.8. The van der Waals surface area contributed by atoms with E-state index in [2.05, 4.69) is 5.32 Å². The van der Waals surface area contributed by atoms with Gasteiger partial charge < -0.3 is 15.6 Å². The van der Waals surface area contributed by atoms with Crippen LogP contribution in [0.4, 0.5) is 11.4 Å². The van der Waals surface area contributed by atoms with Crippen molar-refractivity contribution in [3.63, 3.8) is 0 Å². The molecular formula is C17H21N3O2. The Morgan fingerprint density at radius 3 is 2.82 bits per heavy atom. The van der Waals surface area contributed by atoms with Crippen molar-refractivity contribution in [3.8, 4) is 0 Å². The molecule has 3 N–H and O–H groups in total. The number of carbonyl (C=O) groups is 1. The Labute approximate surface area is 129 Å². The third kappa shape index (κ3) is 4.48. The van der Waals surface area contributed by atoms with Gasteiger partial charge >= 0.3 is 0 Å². The highest BCUT2D eigenvalue weighted by atomic mass is 16.1. The molecule has 116 valence electrons. The SMILES string of the molecule is Cc1cccn(CCCCC(=O)Nc2cccc(N)c2)c1=O. The number of aromatic nitrogens is 1. The van der Waals surface area contributed by atoms with Crippen LogP contribution in [0.25, 0.3) is 0 Å². The van der Waals surface area contributed by atoms with Gasteiger partial charge in [0.05, 0.1) is 0 Å². The Bertz CT molecular complexity index is 707. The van der Waals surface area contributed by atoms with Gasteiger partial charge in [0, 0.05) is 36.1 Å². The quantitative estimate of drug-likeness (QED) is 0.635. The van der Waals surface area contributed by atoms with Gasteiger partial charge in [-0.2, -0.15) is 0 Å². The fourth-order valence-electron chi connectivity index (χ4n) is 2.24. The molecule has 5 nitrogen and oxygen atoms in total. The Morgan fingerprint density at radius 2 is 2.05 bits per heavy atom. The highest BCUT2D eigenvalue weighted by molar-refractivity contribution is 5.91. The molecule has 1 aromatic carbocycles. The van der Waals surface area contributed by atoms with E-state index in [1.165, 1.54) is 0 Å². The van der Waals surface area contributed by atoms with Crippen LogP contribution in [-0.2, 0) is 11.3 Å². The van der Waals surface area contributed by atoms with Gasteiger partial charge in [0.2, 0.25) is 5.91 Å². The van der Waals surface area contributed by atoms with E-state index in [9.17, 15) is 9.59 Å². The van der Waals surface area contributed by atoms with Crippen molar-refractivity contribution in [2.24, 2.45) is 0 Å². The number of nitrogens with zero attached hydrogens (tertiary/aromatic N) is 1. The van der Waals surface area contributed by atoms with Crippen LogP contribution < -0.4 is 16.6 Å². The minimum atomic E-state index is -0.0396. The van der Waals surface area contributed by atoms with Crippen molar-refractivity contribution in [1.29, 1.82) is 0 Å². The number of rotatable bonds is 6. The maximum Gasteiger partial charge on any atom is 0.253 e. The number of pyridine rings is 1. The van der Waals surface area contributed by atoms with Gasteiger partial charge in [0.1, 0.15) is 0 Å². The van der Waals surface area contributed by atoms with E-state index in [1.807, 2.05) is 6.07 Å². The molecule has 1 aromatic heterocycles. The van der Waals surface area contributed by atoms with Crippen LogP contribution in [0.2, 0.25) is 0 Å². The van der Waals surface area contributed by atoms with Gasteiger partial charge in [0.15, 0.2) is 0 Å². The van der Waals surface area contributed by atoms with E-state index in [-0.39, 0.29) is 11.5 Å². The lowest BCUT2D eigenvalue weighted by molar-refractivity contribution is -0.116. The molecule has 1 amide bonds. The monoisotopic (exact) mass is 299 g/mol. The van der Waals surface area contributed by atoms with Crippen LogP contribution in [0.1, 0.15) is 24.8 Å². The summed E-state index contributed by atoms with van der Waals surface area (Å²) in [6.07, 6.45) is 3.72. The summed E-state index contributed by atoms with van der Waals surface area (Å²) in [5, 5.41) is 2.81. The molecule has 0 bridgehead atoms. The first-order valence-electron chi connectivity index (χ1n) is 7.38. The van der Waals surface area contributed by atoms with Crippen LogP contribution in [-0.4, -0.2) is 10.5 Å². The first-order chi connectivity index (χ1) is 10.6. The maximum atomic E-state index is 11.8. The molecule has 0 radical (unpaired) electrons. The summed E-state index contributed by atoms with van der Waals surface area (Å²) in [5.41, 5.74) is 7.77. The summed E-state index contributed by atoms with van der Waals surface area (Å²) in [6, 6.07) is 10.8. The molecule has 2 rings (SSSR count). The van der Waals surface area contributed by atoms with Gasteiger partial charge in [-0.25, -0.2) is 0 Å². The van der Waals surface area contributed by atoms with Gasteiger partial charge in [0.25, 0.3) is 5.56 Å². The lowest BCUT2D eigenvalue weighted by atomic mass is 10.2. The number of carbonyl (C=O) groups excluding carboxylic acids is 1. The second-order valence-corrected chi connectivity index (χ2v) is 5.32. The second kappa shape index (κ2) is 7.45. The van der Waals surface area contributed by atoms with Crippen molar-refractivity contribution in [3.05, 3.63) is 58.5 Å². The Kier molecular flexibility index (Phi) is 5.36. The fraction of sp³-hybridized carbons (Fsp3) is 0.294. The molecule has 5 heteroatoms. The van der Waals surface area contributed by atoms with Crippen LogP contribution in [0, 0.1) is 6.92 Å². The molecule has 0 atom stereocenters. The van der Waals surface area contributed by atoms with Crippen LogP contribution >= 0.6 is 0 Å². The number of hydrogen-bond acceptors (Lipinski definition) is 3. The number of anilines is 2. The average Bonchev–Trinajstić information content (AvgIpc) is 2.48. The number of nitrogens with one attached hydrogen (secondary N) is 1. The van der Waals surface area contributed by atoms with Crippen molar-refractivity contribution < 1.29 is 4.79 Å². The third-order valence-electron chi connectivity index (χ3n) is 3.43. The third-order valence-corrected chi connectivity index (χ3v) is 3.43. The van der Waals surface area contributed by atoms with Crippen molar-refractivity contribution in [2.75, 3.05) is 11.1 Å². The number of nitrogens with two attached hydrogens (primary N) is 1. The molecule has 0 spiro atoms. The van der Waals surface area contributed by atoms with Crippen LogP contribution in [0.3, 0.4) is 0 Å². The first-order valence-corrected chi connectivity index (χ1v) is 7.38. The molecular weight excluding hydrogens is 278 g/mol. The zero-order valence-corrected chi connectivity index (χ0v) is 12.7. The van der Waals surface area contributed by atoms with E-state index in [0.717, 1.165) is 18.4 Å². The molecule has 0 unspecified atom stereocenters. The topological polar surface area (TPSA) is 77.1 Å². The Hall–Kier alpha value is -2.56. The van der Waals surface area contributed by atoms with Gasteiger partial charge in [-0.3, -0.25) is 9.59 Å². The van der Waals surface area contributed by atoms with Crippen molar-refractivity contribution >= 4 is 17.3 Å². The van der Waals surface area contributed by atoms with Gasteiger partial charge in [-0.15, -0.1) is 0 Å². The fourth-order valence-corrected chi connectivity index (χ4v) is 2.24. The number of amides is 1. The summed E-state index contributed by atoms with van der Waals surface area (Å²) in [4.78, 5) is 23.7. The van der Waals surface area contributed by atoms with E-state index in [4.69, 9.17) is 5.73 Å². The molecule has 22 heavy (non-hydrogen) atoms. The molecule has 0 aliphatic heterocycles. The highest BCUT2D eigenvalue weighted by Gasteiger charge is 2.03. The van der Waals surface area contributed by atoms with E-state index >= 15 is 0 Å². The normalized spacial score (nSPS) is 10.4. The van der Waals surface area contributed by atoms with Crippen LogP contribution in [0.5, 0.6) is 0 Å². The van der Waals surface area contributed by atoms with E-state index in [0.29, 0.717) is 24.3 Å². The zero-order valence-electron chi connectivity index (χ0n) is 12.7. The smallest absolute Gasteiger partial charge is 0.253 e. The lowest BCUT2D eigenvalue weighted by Crippen LogP contribution is -2.21. The summed E-state index contributed by atoms with van der Waals surface area (Å²) < 4.78 is 1.69. The Morgan fingerprint density at radius 1 is 1.23 bits per heavy atom.